The molecule has 0 N–H and O–H groups in total. The molecule has 1 atom stereocenters. The molecule has 0 amide bonds. The topological polar surface area (TPSA) is 23.8 Å². The van der Waals surface area contributed by atoms with Crippen LogP contribution in [0.4, 0.5) is 0 Å². The van der Waals surface area contributed by atoms with E-state index in [4.69, 9.17) is 0 Å². The molecule has 1 rings (SSSR count). The van der Waals surface area contributed by atoms with Gasteiger partial charge >= 0.3 is 0 Å². The van der Waals surface area contributed by atoms with Crippen molar-refractivity contribution in [3.63, 3.8) is 0 Å². The molecule has 14 heavy (non-hydrogen) atoms. The van der Waals surface area contributed by atoms with Gasteiger partial charge in [0.2, 0.25) is 0 Å². The smallest absolute Gasteiger partial charge is 0.0828 e. The second kappa shape index (κ2) is 4.14. The molecule has 0 heterocycles. The van der Waals surface area contributed by atoms with Crippen LogP contribution < -0.4 is 0 Å². The molecule has 1 nitrogen and oxygen atoms in total. The van der Waals surface area contributed by atoms with E-state index >= 15 is 0 Å². The van der Waals surface area contributed by atoms with Crippen LogP contribution in [-0.2, 0) is 5.41 Å². The van der Waals surface area contributed by atoms with Crippen LogP contribution in [0.1, 0.15) is 26.3 Å². The van der Waals surface area contributed by atoms with Crippen LogP contribution in [0, 0.1) is 17.2 Å². The van der Waals surface area contributed by atoms with E-state index in [2.05, 4.69) is 35.8 Å². The molecular weight excluding hydrogens is 238 g/mol. The molecule has 0 fully saturated rings. The van der Waals surface area contributed by atoms with Gasteiger partial charge in [-0.2, -0.15) is 5.26 Å². The Balaban J connectivity index is 3.28. The summed E-state index contributed by atoms with van der Waals surface area (Å²) >= 11 is 3.49. The molecule has 0 saturated heterocycles. The minimum atomic E-state index is -0.417. The van der Waals surface area contributed by atoms with E-state index in [-0.39, 0.29) is 0 Å². The summed E-state index contributed by atoms with van der Waals surface area (Å²) in [6, 6.07) is 10.3. The summed E-state index contributed by atoms with van der Waals surface area (Å²) in [7, 11) is 0. The summed E-state index contributed by atoms with van der Waals surface area (Å²) < 4.78 is 1.01. The fourth-order valence-electron chi connectivity index (χ4n) is 1.38. The van der Waals surface area contributed by atoms with Gasteiger partial charge in [0, 0.05) is 4.47 Å². The van der Waals surface area contributed by atoms with E-state index in [1.165, 1.54) is 0 Å². The van der Waals surface area contributed by atoms with Crippen LogP contribution in [0.3, 0.4) is 0 Å². The molecule has 0 saturated carbocycles. The molecule has 0 bridgehead atoms. The predicted molar refractivity (Wildman–Crippen MR) is 61.9 cm³/mol. The van der Waals surface area contributed by atoms with Gasteiger partial charge in [-0.25, -0.2) is 0 Å². The average Bonchev–Trinajstić information content (AvgIpc) is 2.17. The molecule has 0 radical (unpaired) electrons. The molecule has 74 valence electrons. The van der Waals surface area contributed by atoms with Crippen molar-refractivity contribution < 1.29 is 0 Å². The van der Waals surface area contributed by atoms with Crippen LogP contribution in [0.25, 0.3) is 0 Å². The number of hydrogen-bond donors (Lipinski definition) is 0. The molecule has 1 aromatic rings. The van der Waals surface area contributed by atoms with Gasteiger partial charge < -0.3 is 0 Å². The number of nitrogens with zero attached hydrogens (tertiary/aromatic N) is 1. The van der Waals surface area contributed by atoms with Crippen molar-refractivity contribution in [3.05, 3.63) is 34.3 Å². The van der Waals surface area contributed by atoms with Gasteiger partial charge in [0.05, 0.1) is 11.5 Å². The van der Waals surface area contributed by atoms with Crippen molar-refractivity contribution in [2.75, 3.05) is 0 Å². The first-order chi connectivity index (χ1) is 6.52. The first-order valence-corrected chi connectivity index (χ1v) is 5.48. The van der Waals surface area contributed by atoms with Gasteiger partial charge in [-0.15, -0.1) is 0 Å². The van der Waals surface area contributed by atoms with E-state index in [1.54, 1.807) is 0 Å². The summed E-state index contributed by atoms with van der Waals surface area (Å²) in [5.41, 5.74) is 0.651. The number of nitriles is 1. The largest absolute Gasteiger partial charge is 0.197 e. The second-order valence-electron chi connectivity index (χ2n) is 3.95. The third kappa shape index (κ3) is 1.83. The first-order valence-electron chi connectivity index (χ1n) is 4.68. The van der Waals surface area contributed by atoms with Gasteiger partial charge in [-0.1, -0.05) is 48.0 Å². The molecule has 0 aliphatic carbocycles. The van der Waals surface area contributed by atoms with Crippen LogP contribution in [-0.4, -0.2) is 0 Å². The minimum absolute atomic E-state index is 0.297. The summed E-state index contributed by atoms with van der Waals surface area (Å²) in [6.07, 6.45) is 0. The summed E-state index contributed by atoms with van der Waals surface area (Å²) in [5, 5.41) is 9.26. The number of halogens is 1. The van der Waals surface area contributed by atoms with Crippen molar-refractivity contribution in [1.82, 2.24) is 0 Å². The zero-order chi connectivity index (χ0) is 10.8. The molecule has 0 aliphatic rings. The average molecular weight is 252 g/mol. The Kier molecular flexibility index (Phi) is 3.34. The fourth-order valence-corrected chi connectivity index (χ4v) is 2.08. The van der Waals surface area contributed by atoms with E-state index < -0.39 is 5.41 Å². The van der Waals surface area contributed by atoms with Gasteiger partial charge in [0.15, 0.2) is 0 Å². The van der Waals surface area contributed by atoms with Gasteiger partial charge in [-0.3, -0.25) is 0 Å². The fraction of sp³-hybridized carbons (Fsp3) is 0.417. The first kappa shape index (κ1) is 11.3. The van der Waals surface area contributed by atoms with Gasteiger partial charge in [-0.05, 0) is 24.5 Å². The maximum atomic E-state index is 9.26. The second-order valence-corrected chi connectivity index (χ2v) is 4.80. The Labute approximate surface area is 93.9 Å². The molecule has 2 heteroatoms. The predicted octanol–water partition coefficient (Wildman–Crippen LogP) is 3.89. The molecular formula is C12H14BrN. The maximum absolute atomic E-state index is 9.26. The summed E-state index contributed by atoms with van der Waals surface area (Å²) in [4.78, 5) is 0. The third-order valence-corrected chi connectivity index (χ3v) is 3.51. The Bertz CT molecular complexity index is 365. The van der Waals surface area contributed by atoms with Crippen molar-refractivity contribution in [2.45, 2.75) is 26.2 Å². The lowest BCUT2D eigenvalue weighted by molar-refractivity contribution is 0.430. The Hall–Kier alpha value is -0.810. The Morgan fingerprint density at radius 1 is 1.36 bits per heavy atom. The summed E-state index contributed by atoms with van der Waals surface area (Å²) in [5.74, 6) is 0.297. The van der Waals surface area contributed by atoms with E-state index in [1.807, 2.05) is 31.2 Å². The monoisotopic (exact) mass is 251 g/mol. The molecule has 1 unspecified atom stereocenters. The van der Waals surface area contributed by atoms with Gasteiger partial charge in [0.25, 0.3) is 0 Å². The normalized spacial score (nSPS) is 14.9. The lowest BCUT2D eigenvalue weighted by Crippen LogP contribution is -2.26. The Morgan fingerprint density at radius 2 is 1.93 bits per heavy atom. The van der Waals surface area contributed by atoms with Crippen LogP contribution in [0.5, 0.6) is 0 Å². The third-order valence-electron chi connectivity index (χ3n) is 2.82. The number of hydrogen-bond acceptors (Lipinski definition) is 1. The zero-order valence-corrected chi connectivity index (χ0v) is 10.3. The Morgan fingerprint density at radius 3 is 2.36 bits per heavy atom. The molecule has 0 aromatic heterocycles. The highest BCUT2D eigenvalue weighted by Gasteiger charge is 2.31. The van der Waals surface area contributed by atoms with Gasteiger partial charge in [0.1, 0.15) is 0 Å². The van der Waals surface area contributed by atoms with E-state index in [0.29, 0.717) is 5.92 Å². The highest BCUT2D eigenvalue weighted by atomic mass is 79.9. The van der Waals surface area contributed by atoms with Crippen LogP contribution in [0.2, 0.25) is 0 Å². The lowest BCUT2D eigenvalue weighted by atomic mass is 9.75. The standard InChI is InChI=1S/C12H14BrN/c1-9(2)12(3,8-14)10-6-4-5-7-11(10)13/h4-7,9H,1-3H3. The number of benzene rings is 1. The SMILES string of the molecule is CC(C)C(C)(C#N)c1ccccc1Br. The van der Waals surface area contributed by atoms with Crippen molar-refractivity contribution >= 4 is 15.9 Å². The number of rotatable bonds is 2. The van der Waals surface area contributed by atoms with E-state index in [9.17, 15) is 5.26 Å². The van der Waals surface area contributed by atoms with Crippen molar-refractivity contribution in [1.29, 1.82) is 5.26 Å². The van der Waals surface area contributed by atoms with Crippen molar-refractivity contribution in [2.24, 2.45) is 5.92 Å². The maximum Gasteiger partial charge on any atom is 0.0828 e. The quantitative estimate of drug-likeness (QED) is 0.783. The molecule has 1 aromatic carbocycles. The molecule has 0 spiro atoms. The summed E-state index contributed by atoms with van der Waals surface area (Å²) in [6.45, 7) is 6.13. The lowest BCUT2D eigenvalue weighted by Gasteiger charge is -2.27. The zero-order valence-electron chi connectivity index (χ0n) is 8.71. The van der Waals surface area contributed by atoms with E-state index in [0.717, 1.165) is 10.0 Å². The highest BCUT2D eigenvalue weighted by molar-refractivity contribution is 9.10. The van der Waals surface area contributed by atoms with Crippen LogP contribution in [0.15, 0.2) is 28.7 Å². The minimum Gasteiger partial charge on any atom is -0.197 e. The van der Waals surface area contributed by atoms with Crippen molar-refractivity contribution in [3.8, 4) is 6.07 Å². The highest BCUT2D eigenvalue weighted by Crippen LogP contribution is 2.35. The molecule has 0 aliphatic heterocycles. The van der Waals surface area contributed by atoms with Crippen LogP contribution >= 0.6 is 15.9 Å².